The van der Waals surface area contributed by atoms with Crippen LogP contribution in [0.4, 0.5) is 11.8 Å². The summed E-state index contributed by atoms with van der Waals surface area (Å²) in [5.41, 5.74) is 6.58. The Labute approximate surface area is 110 Å². The number of hydrogen-bond donors (Lipinski definition) is 3. The molecule has 0 aliphatic carbocycles. The van der Waals surface area contributed by atoms with E-state index in [-0.39, 0.29) is 18.2 Å². The van der Waals surface area contributed by atoms with Crippen molar-refractivity contribution in [2.75, 3.05) is 37.4 Å². The average Bonchev–Trinajstić information content (AvgIpc) is 2.76. The summed E-state index contributed by atoms with van der Waals surface area (Å²) in [7, 11) is -0.266. The number of H-pyrrole nitrogens is 1. The number of nitrogens with two attached hydrogens (primary N) is 1. The highest BCUT2D eigenvalue weighted by molar-refractivity contribution is 7.89. The molecule has 0 saturated heterocycles. The second kappa shape index (κ2) is 4.97. The van der Waals surface area contributed by atoms with Gasteiger partial charge < -0.3 is 16.0 Å². The van der Waals surface area contributed by atoms with E-state index in [1.54, 1.807) is 0 Å². The average molecular weight is 285 g/mol. The van der Waals surface area contributed by atoms with Crippen molar-refractivity contribution in [1.82, 2.24) is 24.2 Å². The molecular formula is C9H15N7O2S. The van der Waals surface area contributed by atoms with Crippen LogP contribution in [-0.4, -0.2) is 59.1 Å². The highest BCUT2D eigenvalue weighted by atomic mass is 32.2. The summed E-state index contributed by atoms with van der Waals surface area (Å²) < 4.78 is 24.4. The van der Waals surface area contributed by atoms with Gasteiger partial charge in [-0.2, -0.15) is 9.97 Å². The summed E-state index contributed by atoms with van der Waals surface area (Å²) in [6.07, 6.45) is 1.47. The molecule has 2 aromatic heterocycles. The first kappa shape index (κ1) is 13.5. The Hall–Kier alpha value is -1.94. The molecule has 0 fully saturated rings. The topological polar surface area (TPSA) is 130 Å². The molecule has 2 heterocycles. The molecule has 0 unspecified atom stereocenters. The summed E-state index contributed by atoms with van der Waals surface area (Å²) in [4.78, 5) is 14.8. The van der Waals surface area contributed by atoms with E-state index in [4.69, 9.17) is 5.73 Å². The molecule has 0 aromatic carbocycles. The van der Waals surface area contributed by atoms with Gasteiger partial charge >= 0.3 is 0 Å². The van der Waals surface area contributed by atoms with Crippen molar-refractivity contribution in [3.05, 3.63) is 6.33 Å². The van der Waals surface area contributed by atoms with Gasteiger partial charge in [0.2, 0.25) is 16.0 Å². The normalized spacial score (nSPS) is 12.2. The predicted octanol–water partition coefficient (Wildman–Crippen LogP) is -0.762. The maximum absolute atomic E-state index is 11.6. The second-order valence-corrected chi connectivity index (χ2v) is 6.36. The fraction of sp³-hybridized carbons (Fsp3) is 0.444. The van der Waals surface area contributed by atoms with E-state index in [0.29, 0.717) is 17.0 Å². The van der Waals surface area contributed by atoms with Gasteiger partial charge in [-0.1, -0.05) is 0 Å². The van der Waals surface area contributed by atoms with E-state index >= 15 is 0 Å². The summed E-state index contributed by atoms with van der Waals surface area (Å²) >= 11 is 0. The van der Waals surface area contributed by atoms with Crippen LogP contribution < -0.4 is 11.1 Å². The number of rotatable bonds is 5. The van der Waals surface area contributed by atoms with Gasteiger partial charge in [0.15, 0.2) is 11.5 Å². The maximum atomic E-state index is 11.6. The molecule has 2 aromatic rings. The van der Waals surface area contributed by atoms with Crippen molar-refractivity contribution < 1.29 is 8.42 Å². The van der Waals surface area contributed by atoms with Gasteiger partial charge in [0, 0.05) is 20.6 Å². The number of aromatic amines is 1. The molecule has 0 radical (unpaired) electrons. The van der Waals surface area contributed by atoms with E-state index in [2.05, 4.69) is 25.3 Å². The lowest BCUT2D eigenvalue weighted by molar-refractivity contribution is 0.521. The summed E-state index contributed by atoms with van der Waals surface area (Å²) in [5.74, 6) is 0.478. The zero-order valence-corrected chi connectivity index (χ0v) is 11.4. The second-order valence-electron chi connectivity index (χ2n) is 4.06. The molecule has 104 valence electrons. The van der Waals surface area contributed by atoms with Crippen molar-refractivity contribution in [2.24, 2.45) is 0 Å². The molecular weight excluding hydrogens is 270 g/mol. The number of imidazole rings is 1. The van der Waals surface area contributed by atoms with Crippen LogP contribution in [0.2, 0.25) is 0 Å². The molecule has 0 bridgehead atoms. The Morgan fingerprint density at radius 3 is 2.84 bits per heavy atom. The Morgan fingerprint density at radius 1 is 1.42 bits per heavy atom. The first-order valence-electron chi connectivity index (χ1n) is 5.51. The number of fused-ring (bicyclic) bond motifs is 1. The van der Waals surface area contributed by atoms with Gasteiger partial charge in [0.05, 0.1) is 12.1 Å². The van der Waals surface area contributed by atoms with Crippen LogP contribution in [0.25, 0.3) is 11.2 Å². The van der Waals surface area contributed by atoms with E-state index < -0.39 is 10.0 Å². The largest absolute Gasteiger partial charge is 0.368 e. The molecule has 0 saturated carbocycles. The van der Waals surface area contributed by atoms with Gasteiger partial charge in [-0.3, -0.25) is 0 Å². The van der Waals surface area contributed by atoms with Gasteiger partial charge in [-0.05, 0) is 0 Å². The van der Waals surface area contributed by atoms with Crippen molar-refractivity contribution in [1.29, 1.82) is 0 Å². The standard InChI is InChI=1S/C9H15N7O2S/c1-16(2)19(17,18)4-3-11-7-6-8(13-5-12-6)15-9(10)14-7/h5H,3-4H2,1-2H3,(H4,10,11,12,13,14,15). The summed E-state index contributed by atoms with van der Waals surface area (Å²) in [6.45, 7) is 0.213. The van der Waals surface area contributed by atoms with Gasteiger partial charge in [0.1, 0.15) is 5.52 Å². The van der Waals surface area contributed by atoms with E-state index in [0.717, 1.165) is 0 Å². The molecule has 0 aliphatic heterocycles. The first-order chi connectivity index (χ1) is 8.90. The van der Waals surface area contributed by atoms with E-state index in [9.17, 15) is 8.42 Å². The fourth-order valence-electron chi connectivity index (χ4n) is 1.46. The molecule has 0 spiro atoms. The van der Waals surface area contributed by atoms with Crippen molar-refractivity contribution in [2.45, 2.75) is 0 Å². The monoisotopic (exact) mass is 285 g/mol. The van der Waals surface area contributed by atoms with Crippen molar-refractivity contribution >= 4 is 33.0 Å². The maximum Gasteiger partial charge on any atom is 0.224 e. The Balaban J connectivity index is 2.12. The molecule has 19 heavy (non-hydrogen) atoms. The smallest absolute Gasteiger partial charge is 0.224 e. The van der Waals surface area contributed by atoms with Gasteiger partial charge in [-0.25, -0.2) is 17.7 Å². The minimum Gasteiger partial charge on any atom is -0.368 e. The first-order valence-corrected chi connectivity index (χ1v) is 7.12. The third-order valence-electron chi connectivity index (χ3n) is 2.51. The predicted molar refractivity (Wildman–Crippen MR) is 72.1 cm³/mol. The summed E-state index contributed by atoms with van der Waals surface area (Å²) in [6, 6.07) is 0. The van der Waals surface area contributed by atoms with Crippen LogP contribution in [0.1, 0.15) is 0 Å². The van der Waals surface area contributed by atoms with Crippen molar-refractivity contribution in [3.8, 4) is 0 Å². The molecule has 9 nitrogen and oxygen atoms in total. The lowest BCUT2D eigenvalue weighted by Gasteiger charge is -2.12. The third kappa shape index (κ3) is 2.90. The third-order valence-corrected chi connectivity index (χ3v) is 4.34. The SMILES string of the molecule is CN(C)S(=O)(=O)CCNc1nc(N)nc2nc[nH]c12. The van der Waals surface area contributed by atoms with Crippen LogP contribution in [0, 0.1) is 0 Å². The van der Waals surface area contributed by atoms with Gasteiger partial charge in [0.25, 0.3) is 0 Å². The molecule has 2 rings (SSSR count). The molecule has 10 heteroatoms. The van der Waals surface area contributed by atoms with Crippen LogP contribution in [0.15, 0.2) is 6.33 Å². The lowest BCUT2D eigenvalue weighted by atomic mass is 10.5. The number of hydrogen-bond acceptors (Lipinski definition) is 7. The van der Waals surface area contributed by atoms with Crippen LogP contribution >= 0.6 is 0 Å². The van der Waals surface area contributed by atoms with Crippen LogP contribution in [0.5, 0.6) is 0 Å². The number of nitrogens with zero attached hydrogens (tertiary/aromatic N) is 4. The Kier molecular flexibility index (Phi) is 3.53. The quantitative estimate of drug-likeness (QED) is 0.658. The highest BCUT2D eigenvalue weighted by Crippen LogP contribution is 2.16. The number of sulfonamides is 1. The molecule has 0 aliphatic rings. The van der Waals surface area contributed by atoms with Crippen LogP contribution in [-0.2, 0) is 10.0 Å². The van der Waals surface area contributed by atoms with Crippen LogP contribution in [0.3, 0.4) is 0 Å². The minimum atomic E-state index is -3.25. The van der Waals surface area contributed by atoms with E-state index in [1.165, 1.54) is 24.7 Å². The number of nitrogen functional groups attached to an aromatic ring is 1. The highest BCUT2D eigenvalue weighted by Gasteiger charge is 2.14. The Morgan fingerprint density at radius 2 is 2.16 bits per heavy atom. The number of nitrogens with one attached hydrogen (secondary N) is 2. The zero-order chi connectivity index (χ0) is 14.0. The number of aromatic nitrogens is 4. The van der Waals surface area contributed by atoms with Crippen molar-refractivity contribution in [3.63, 3.8) is 0 Å². The molecule has 0 atom stereocenters. The molecule has 4 N–H and O–H groups in total. The minimum absolute atomic E-state index is 0.0421. The Bertz CT molecular complexity index is 679. The fourth-order valence-corrected chi connectivity index (χ4v) is 2.18. The number of anilines is 2. The zero-order valence-electron chi connectivity index (χ0n) is 10.6. The molecule has 0 amide bonds. The van der Waals surface area contributed by atoms with Gasteiger partial charge in [-0.15, -0.1) is 0 Å². The lowest BCUT2D eigenvalue weighted by Crippen LogP contribution is -2.28. The summed E-state index contributed by atoms with van der Waals surface area (Å²) in [5, 5.41) is 2.92. The van der Waals surface area contributed by atoms with E-state index in [1.807, 2.05) is 0 Å².